The summed E-state index contributed by atoms with van der Waals surface area (Å²) in [4.78, 5) is 14.0. The number of nitrogens with zero attached hydrogens (tertiary/aromatic N) is 1. The molecule has 1 amide bonds. The minimum Gasteiger partial charge on any atom is -0.493 e. The molecule has 0 atom stereocenters. The predicted octanol–water partition coefficient (Wildman–Crippen LogP) is 7.15. The second kappa shape index (κ2) is 16.6. The van der Waals surface area contributed by atoms with Crippen molar-refractivity contribution < 1.29 is 14.0 Å². The van der Waals surface area contributed by atoms with Gasteiger partial charge < -0.3 is 14.5 Å². The molecule has 0 saturated heterocycles. The van der Waals surface area contributed by atoms with Crippen molar-refractivity contribution in [1.82, 2.24) is 4.72 Å². The van der Waals surface area contributed by atoms with Crippen LogP contribution in [0.2, 0.25) is 0 Å². The summed E-state index contributed by atoms with van der Waals surface area (Å²) in [6.07, 6.45) is 7.13. The Balaban J connectivity index is 1.82. The molecule has 0 heterocycles. The van der Waals surface area contributed by atoms with Crippen LogP contribution in [0, 0.1) is 0 Å². The number of carbonyl (C=O) groups excluding carboxylic acids is 1. The maximum atomic E-state index is 12.9. The highest BCUT2D eigenvalue weighted by atomic mass is 32.2. The van der Waals surface area contributed by atoms with Gasteiger partial charge in [-0.2, -0.15) is 0 Å². The first kappa shape index (κ1) is 29.2. The van der Waals surface area contributed by atoms with Gasteiger partial charge in [0.05, 0.1) is 44.9 Å². The van der Waals surface area contributed by atoms with Gasteiger partial charge >= 0.3 is 0 Å². The molecule has 2 rings (SSSR count). The molecule has 0 unspecified atom stereocenters. The van der Waals surface area contributed by atoms with Gasteiger partial charge in [-0.25, -0.2) is 0 Å². The van der Waals surface area contributed by atoms with Crippen molar-refractivity contribution in [3.8, 4) is 5.75 Å². The predicted molar refractivity (Wildman–Crippen MR) is 150 cm³/mol. The topological polar surface area (TPSA) is 50.4 Å². The number of carbonyl (C=O) groups is 1. The first-order valence-electron chi connectivity index (χ1n) is 13.5. The zero-order valence-corrected chi connectivity index (χ0v) is 23.1. The molecule has 2 aromatic rings. The van der Waals surface area contributed by atoms with E-state index < -0.39 is 0 Å². The van der Waals surface area contributed by atoms with Crippen LogP contribution in [0.25, 0.3) is 0 Å². The maximum Gasteiger partial charge on any atom is 0.259 e. The number of anilines is 1. The number of benzene rings is 2. The quantitative estimate of drug-likeness (QED) is 0.130. The van der Waals surface area contributed by atoms with E-state index in [-0.39, 0.29) is 5.91 Å². The third kappa shape index (κ3) is 10.2. The van der Waals surface area contributed by atoms with E-state index in [2.05, 4.69) is 37.7 Å². The summed E-state index contributed by atoms with van der Waals surface area (Å²) in [6, 6.07) is 15.5. The van der Waals surface area contributed by atoms with Gasteiger partial charge in [-0.3, -0.25) is 9.52 Å². The summed E-state index contributed by atoms with van der Waals surface area (Å²) in [6.45, 7) is 15.4. The average molecular weight is 501 g/mol. The van der Waals surface area contributed by atoms with Crippen LogP contribution in [0.5, 0.6) is 5.75 Å². The number of ether oxygens (including phenoxy) is 1. The van der Waals surface area contributed by atoms with Crippen LogP contribution in [-0.4, -0.2) is 49.7 Å². The number of para-hydroxylation sites is 1. The van der Waals surface area contributed by atoms with E-state index >= 15 is 0 Å². The SMILES string of the molecule is CCCCCCCOc1ccccc1C(=O)Nc1ccc(SNCC[N+](CC)(CC)CCC)cc1. The number of rotatable bonds is 18. The first-order chi connectivity index (χ1) is 17.1. The molecule has 0 fully saturated rings. The molecule has 0 bridgehead atoms. The molecular formula is C29H46N3O2S+. The third-order valence-electron chi connectivity index (χ3n) is 6.67. The average Bonchev–Trinajstić information content (AvgIpc) is 2.89. The van der Waals surface area contributed by atoms with Crippen LogP contribution in [0.15, 0.2) is 53.4 Å². The fourth-order valence-electron chi connectivity index (χ4n) is 4.33. The molecule has 0 aliphatic heterocycles. The molecule has 0 aromatic heterocycles. The van der Waals surface area contributed by atoms with E-state index in [1.165, 1.54) is 49.8 Å². The van der Waals surface area contributed by atoms with Gasteiger partial charge in [-0.05, 0) is 75.0 Å². The lowest BCUT2D eigenvalue weighted by atomic mass is 10.1. The van der Waals surface area contributed by atoms with Gasteiger partial charge in [-0.15, -0.1) is 0 Å². The van der Waals surface area contributed by atoms with Crippen LogP contribution in [0.4, 0.5) is 5.69 Å². The normalized spacial score (nSPS) is 11.4. The Morgan fingerprint density at radius 2 is 1.57 bits per heavy atom. The van der Waals surface area contributed by atoms with Crippen molar-refractivity contribution in [3.63, 3.8) is 0 Å². The number of unbranched alkanes of at least 4 members (excludes halogenated alkanes) is 4. The van der Waals surface area contributed by atoms with E-state index in [1.807, 2.05) is 48.5 Å². The summed E-state index contributed by atoms with van der Waals surface area (Å²) in [5.41, 5.74) is 1.35. The van der Waals surface area contributed by atoms with Crippen molar-refractivity contribution in [3.05, 3.63) is 54.1 Å². The van der Waals surface area contributed by atoms with E-state index in [0.29, 0.717) is 17.9 Å². The fraction of sp³-hybridized carbons (Fsp3) is 0.552. The highest BCUT2D eigenvalue weighted by Gasteiger charge is 2.21. The fourth-order valence-corrected chi connectivity index (χ4v) is 4.96. The van der Waals surface area contributed by atoms with Gasteiger partial charge in [0.15, 0.2) is 0 Å². The second-order valence-electron chi connectivity index (χ2n) is 9.16. The summed E-state index contributed by atoms with van der Waals surface area (Å²) in [5.74, 6) is 0.503. The van der Waals surface area contributed by atoms with Crippen molar-refractivity contribution >= 4 is 23.5 Å². The van der Waals surface area contributed by atoms with E-state index in [9.17, 15) is 4.79 Å². The molecule has 0 aliphatic rings. The lowest BCUT2D eigenvalue weighted by Gasteiger charge is -2.36. The van der Waals surface area contributed by atoms with Gasteiger partial charge in [0.2, 0.25) is 0 Å². The Hall–Kier alpha value is -2.02. The smallest absolute Gasteiger partial charge is 0.259 e. The molecule has 35 heavy (non-hydrogen) atoms. The first-order valence-corrected chi connectivity index (χ1v) is 14.3. The number of quaternary nitrogens is 1. The molecule has 0 saturated carbocycles. The molecular weight excluding hydrogens is 454 g/mol. The molecule has 2 N–H and O–H groups in total. The summed E-state index contributed by atoms with van der Waals surface area (Å²) in [5, 5.41) is 3.01. The van der Waals surface area contributed by atoms with Crippen molar-refractivity contribution in [2.24, 2.45) is 0 Å². The van der Waals surface area contributed by atoms with Gasteiger partial charge in [0.1, 0.15) is 5.75 Å². The van der Waals surface area contributed by atoms with E-state index in [0.717, 1.165) is 36.5 Å². The summed E-state index contributed by atoms with van der Waals surface area (Å²) < 4.78 is 10.6. The maximum absolute atomic E-state index is 12.9. The third-order valence-corrected chi connectivity index (χ3v) is 7.52. The van der Waals surface area contributed by atoms with E-state index in [1.54, 1.807) is 11.9 Å². The van der Waals surface area contributed by atoms with Gasteiger partial charge in [-0.1, -0.05) is 51.7 Å². The molecule has 6 heteroatoms. The largest absolute Gasteiger partial charge is 0.493 e. The number of amides is 1. The minimum absolute atomic E-state index is 0.144. The highest BCUT2D eigenvalue weighted by molar-refractivity contribution is 7.97. The van der Waals surface area contributed by atoms with Crippen LogP contribution in [0.3, 0.4) is 0 Å². The molecule has 0 radical (unpaired) electrons. The monoisotopic (exact) mass is 500 g/mol. The number of hydrogen-bond acceptors (Lipinski definition) is 4. The van der Waals surface area contributed by atoms with Crippen molar-refractivity contribution in [1.29, 1.82) is 0 Å². The number of hydrogen-bond donors (Lipinski definition) is 2. The minimum atomic E-state index is -0.144. The standard InChI is InChI=1S/C29H45N3O2S/c1-5-9-10-11-14-24-34-28-16-13-12-15-27(28)29(33)31-25-17-19-26(20-18-25)35-30-21-23-32(7-3,8-4)22-6-2/h12-13,15-20,30H,5-11,14,21-24H2,1-4H3/p+1. The second-order valence-corrected chi connectivity index (χ2v) is 10.1. The van der Waals surface area contributed by atoms with Crippen LogP contribution < -0.4 is 14.8 Å². The molecule has 0 aliphatic carbocycles. The highest BCUT2D eigenvalue weighted by Crippen LogP contribution is 2.22. The zero-order valence-electron chi connectivity index (χ0n) is 22.3. The van der Waals surface area contributed by atoms with Gasteiger partial charge in [0.25, 0.3) is 5.91 Å². The zero-order chi connectivity index (χ0) is 25.4. The Morgan fingerprint density at radius 1 is 0.857 bits per heavy atom. The Kier molecular flexibility index (Phi) is 13.9. The summed E-state index contributed by atoms with van der Waals surface area (Å²) in [7, 11) is 0. The van der Waals surface area contributed by atoms with Crippen molar-refractivity contribution in [2.75, 3.05) is 44.6 Å². The van der Waals surface area contributed by atoms with Crippen molar-refractivity contribution in [2.45, 2.75) is 71.1 Å². The van der Waals surface area contributed by atoms with Crippen LogP contribution in [0.1, 0.15) is 76.6 Å². The lowest BCUT2D eigenvalue weighted by Crippen LogP contribution is -2.51. The van der Waals surface area contributed by atoms with E-state index in [4.69, 9.17) is 4.74 Å². The molecule has 5 nitrogen and oxygen atoms in total. The molecule has 194 valence electrons. The van der Waals surface area contributed by atoms with Crippen LogP contribution >= 0.6 is 11.9 Å². The molecule has 0 spiro atoms. The Morgan fingerprint density at radius 3 is 2.26 bits per heavy atom. The summed E-state index contributed by atoms with van der Waals surface area (Å²) >= 11 is 1.65. The lowest BCUT2D eigenvalue weighted by molar-refractivity contribution is -0.923. The van der Waals surface area contributed by atoms with Crippen LogP contribution in [-0.2, 0) is 0 Å². The number of likely N-dealkylation sites (N-methyl/N-ethyl adjacent to an activating group) is 1. The Bertz CT molecular complexity index is 853. The number of nitrogens with one attached hydrogen (secondary N) is 2. The molecule has 2 aromatic carbocycles. The Labute approximate surface area is 217 Å². The van der Waals surface area contributed by atoms with Gasteiger partial charge in [0, 0.05) is 10.6 Å².